The quantitative estimate of drug-likeness (QED) is 0.0529. The number of hydrogen-bond donors (Lipinski definition) is 1. The monoisotopic (exact) mass is 764 g/mol. The summed E-state index contributed by atoms with van der Waals surface area (Å²) in [4.78, 5) is 0. The molecule has 0 aliphatic carbocycles. The average Bonchev–Trinajstić information content (AvgIpc) is 3.26. The molecule has 0 fully saturated rings. The lowest BCUT2D eigenvalue weighted by Gasteiger charge is -2.24. The van der Waals surface area contributed by atoms with E-state index in [1.807, 2.05) is 152 Å². The van der Waals surface area contributed by atoms with Crippen LogP contribution in [0.2, 0.25) is 0 Å². The molecule has 0 aliphatic heterocycles. The molecule has 9 heteroatoms. The highest BCUT2D eigenvalue weighted by Crippen LogP contribution is 2.11. The first-order valence-corrected chi connectivity index (χ1v) is 19.3. The fourth-order valence-electron chi connectivity index (χ4n) is 5.62. The Bertz CT molecular complexity index is 1660. The van der Waals surface area contributed by atoms with Crippen LogP contribution in [0.15, 0.2) is 152 Å². The first kappa shape index (κ1) is 42.9. The molecule has 4 atom stereocenters. The van der Waals surface area contributed by atoms with Gasteiger partial charge in [0.25, 0.3) is 0 Å². The molecule has 0 amide bonds. The first-order valence-electron chi connectivity index (χ1n) is 19.3. The van der Waals surface area contributed by atoms with Gasteiger partial charge in [0.15, 0.2) is 0 Å². The lowest BCUT2D eigenvalue weighted by Crippen LogP contribution is -2.33. The minimum Gasteiger partial charge on any atom is -0.394 e. The van der Waals surface area contributed by atoms with Crippen molar-refractivity contribution in [2.75, 3.05) is 52.9 Å². The van der Waals surface area contributed by atoms with Gasteiger partial charge in [-0.15, -0.1) is 0 Å². The molecular formula is C47H56O9. The van der Waals surface area contributed by atoms with E-state index in [9.17, 15) is 5.11 Å². The van der Waals surface area contributed by atoms with Crippen LogP contribution in [-0.2, 0) is 70.9 Å². The Balaban J connectivity index is 1.14. The van der Waals surface area contributed by atoms with Crippen LogP contribution in [-0.4, -0.2) is 82.4 Å². The molecule has 56 heavy (non-hydrogen) atoms. The minimum atomic E-state index is -0.469. The molecule has 0 saturated carbocycles. The van der Waals surface area contributed by atoms with Crippen LogP contribution in [0, 0.1) is 0 Å². The van der Waals surface area contributed by atoms with Gasteiger partial charge in [0.1, 0.15) is 24.4 Å². The van der Waals surface area contributed by atoms with Crippen molar-refractivity contribution in [2.24, 2.45) is 0 Å². The summed E-state index contributed by atoms with van der Waals surface area (Å²) < 4.78 is 49.4. The van der Waals surface area contributed by atoms with Gasteiger partial charge in [0.05, 0.1) is 85.9 Å². The summed E-state index contributed by atoms with van der Waals surface area (Å²) in [5, 5.41) is 9.93. The number of aliphatic hydroxyl groups is 1. The zero-order valence-corrected chi connectivity index (χ0v) is 32.1. The Morgan fingerprint density at radius 3 is 0.804 bits per heavy atom. The van der Waals surface area contributed by atoms with Gasteiger partial charge in [-0.25, -0.2) is 0 Å². The molecular weight excluding hydrogens is 709 g/mol. The molecule has 0 bridgehead atoms. The van der Waals surface area contributed by atoms with Crippen LogP contribution < -0.4 is 0 Å². The summed E-state index contributed by atoms with van der Waals surface area (Å²) in [5.41, 5.74) is 5.32. The molecule has 5 aromatic rings. The summed E-state index contributed by atoms with van der Waals surface area (Å²) in [6, 6.07) is 50.0. The van der Waals surface area contributed by atoms with Crippen molar-refractivity contribution in [3.8, 4) is 0 Å². The van der Waals surface area contributed by atoms with Crippen molar-refractivity contribution in [3.05, 3.63) is 179 Å². The minimum absolute atomic E-state index is 0.156. The van der Waals surface area contributed by atoms with Crippen LogP contribution in [0.25, 0.3) is 0 Å². The maximum Gasteiger partial charge on any atom is 0.105 e. The van der Waals surface area contributed by atoms with Gasteiger partial charge < -0.3 is 43.0 Å². The van der Waals surface area contributed by atoms with Crippen LogP contribution in [0.5, 0.6) is 0 Å². The molecule has 0 spiro atoms. The second kappa shape index (κ2) is 26.6. The summed E-state index contributed by atoms with van der Waals surface area (Å²) in [6.45, 7) is 3.99. The topological polar surface area (TPSA) is 94.1 Å². The second-order valence-corrected chi connectivity index (χ2v) is 13.5. The molecule has 1 N–H and O–H groups in total. The third kappa shape index (κ3) is 17.7. The van der Waals surface area contributed by atoms with E-state index in [1.54, 1.807) is 0 Å². The van der Waals surface area contributed by atoms with E-state index in [1.165, 1.54) is 0 Å². The Morgan fingerprint density at radius 2 is 0.518 bits per heavy atom. The Morgan fingerprint density at radius 1 is 0.286 bits per heavy atom. The summed E-state index contributed by atoms with van der Waals surface area (Å²) in [6.07, 6.45) is -1.50. The van der Waals surface area contributed by atoms with E-state index in [0.717, 1.165) is 27.8 Å². The molecule has 5 aromatic carbocycles. The Kier molecular flexibility index (Phi) is 20.3. The van der Waals surface area contributed by atoms with E-state index >= 15 is 0 Å². The van der Waals surface area contributed by atoms with E-state index in [4.69, 9.17) is 37.9 Å². The largest absolute Gasteiger partial charge is 0.394 e. The molecule has 5 rings (SSSR count). The van der Waals surface area contributed by atoms with Crippen molar-refractivity contribution < 1.29 is 43.0 Å². The normalized spacial score (nSPS) is 13.6. The second-order valence-electron chi connectivity index (χ2n) is 13.5. The molecule has 298 valence electrons. The summed E-state index contributed by atoms with van der Waals surface area (Å²) >= 11 is 0. The van der Waals surface area contributed by atoms with Crippen molar-refractivity contribution in [1.82, 2.24) is 0 Å². The van der Waals surface area contributed by atoms with Crippen molar-refractivity contribution in [2.45, 2.75) is 57.5 Å². The van der Waals surface area contributed by atoms with E-state index in [-0.39, 0.29) is 51.3 Å². The lowest BCUT2D eigenvalue weighted by molar-refractivity contribution is -0.121. The van der Waals surface area contributed by atoms with Crippen LogP contribution in [0.1, 0.15) is 27.8 Å². The van der Waals surface area contributed by atoms with Gasteiger partial charge in [-0.1, -0.05) is 152 Å². The van der Waals surface area contributed by atoms with Crippen molar-refractivity contribution in [1.29, 1.82) is 0 Å². The molecule has 4 unspecified atom stereocenters. The maximum atomic E-state index is 9.93. The van der Waals surface area contributed by atoms with E-state index < -0.39 is 6.10 Å². The van der Waals surface area contributed by atoms with Gasteiger partial charge in [-0.05, 0) is 27.8 Å². The third-order valence-corrected chi connectivity index (χ3v) is 8.76. The van der Waals surface area contributed by atoms with Gasteiger partial charge >= 0.3 is 0 Å². The molecule has 0 radical (unpaired) electrons. The fourth-order valence-corrected chi connectivity index (χ4v) is 5.62. The van der Waals surface area contributed by atoms with Crippen LogP contribution in [0.3, 0.4) is 0 Å². The summed E-state index contributed by atoms with van der Waals surface area (Å²) in [7, 11) is 0. The lowest BCUT2D eigenvalue weighted by atomic mass is 10.2. The highest BCUT2D eigenvalue weighted by molar-refractivity contribution is 5.16. The third-order valence-electron chi connectivity index (χ3n) is 8.76. The molecule has 0 aliphatic rings. The first-order chi connectivity index (χ1) is 27.7. The Labute approximate surface area is 332 Å². The van der Waals surface area contributed by atoms with Crippen LogP contribution in [0.4, 0.5) is 0 Å². The molecule has 9 nitrogen and oxygen atoms in total. The number of aliphatic hydroxyl groups excluding tert-OH is 1. The van der Waals surface area contributed by atoms with Gasteiger partial charge in [0, 0.05) is 0 Å². The van der Waals surface area contributed by atoms with Crippen molar-refractivity contribution >= 4 is 0 Å². The number of hydrogen-bond acceptors (Lipinski definition) is 9. The highest BCUT2D eigenvalue weighted by atomic mass is 16.6. The summed E-state index contributed by atoms with van der Waals surface area (Å²) in [5.74, 6) is 0. The molecule has 0 aromatic heterocycles. The van der Waals surface area contributed by atoms with Crippen molar-refractivity contribution in [3.63, 3.8) is 0 Å². The zero-order valence-electron chi connectivity index (χ0n) is 32.1. The molecule has 0 saturated heterocycles. The molecule has 0 heterocycles. The fraction of sp³-hybridized carbons (Fsp3) is 0.362. The van der Waals surface area contributed by atoms with Gasteiger partial charge in [0.2, 0.25) is 0 Å². The van der Waals surface area contributed by atoms with E-state index in [2.05, 4.69) is 0 Å². The average molecular weight is 765 g/mol. The zero-order chi connectivity index (χ0) is 38.7. The van der Waals surface area contributed by atoms with E-state index in [0.29, 0.717) is 52.9 Å². The van der Waals surface area contributed by atoms with Gasteiger partial charge in [-0.3, -0.25) is 0 Å². The predicted octanol–water partition coefficient (Wildman–Crippen LogP) is 7.59. The van der Waals surface area contributed by atoms with Crippen LogP contribution >= 0.6 is 0 Å². The Hall–Kier alpha value is -4.26. The smallest absolute Gasteiger partial charge is 0.105 e. The number of rotatable bonds is 29. The number of ether oxygens (including phenoxy) is 8. The van der Waals surface area contributed by atoms with Gasteiger partial charge in [-0.2, -0.15) is 0 Å². The standard InChI is InChI=1S/C47H56O9/c48-26-44(53-28-40-18-8-2-9-19-40)32-50-34-46(55-30-42-22-12-4-13-23-42)36-52-38-47(56-31-43-24-14-5-15-25-43)37-51-35-45(54-29-41-20-10-3-11-21-41)33-49-27-39-16-6-1-7-17-39/h1-25,44-48H,26-38H2. The predicted molar refractivity (Wildman–Crippen MR) is 216 cm³/mol. The highest BCUT2D eigenvalue weighted by Gasteiger charge is 2.18. The SMILES string of the molecule is OCC(COCC(COCC(COCC(COCc1ccccc1)OCc1ccccc1)OCc1ccccc1)OCc1ccccc1)OCc1ccccc1. The number of benzene rings is 5. The maximum absolute atomic E-state index is 9.93.